The molecule has 0 aliphatic carbocycles. The van der Waals surface area contributed by atoms with E-state index in [4.69, 9.17) is 9.47 Å². The van der Waals surface area contributed by atoms with Gasteiger partial charge in [0.2, 0.25) is 5.91 Å². The van der Waals surface area contributed by atoms with Gasteiger partial charge in [-0.3, -0.25) is 4.79 Å². The maximum atomic E-state index is 14.8. The van der Waals surface area contributed by atoms with E-state index >= 15 is 0 Å². The highest BCUT2D eigenvalue weighted by molar-refractivity contribution is 6.02. The van der Waals surface area contributed by atoms with E-state index < -0.39 is 5.92 Å². The predicted molar refractivity (Wildman–Crippen MR) is 175 cm³/mol. The average molecular weight is 566 g/mol. The molecule has 0 aromatic heterocycles. The number of ether oxygens (including phenoxy) is 2. The number of hydrogen-bond donors (Lipinski definition) is 0. The number of nitrogens with zero attached hydrogens (tertiary/aromatic N) is 1. The molecule has 6 rings (SSSR count). The molecular weight excluding hydrogens is 530 g/mol. The maximum absolute atomic E-state index is 14.8. The van der Waals surface area contributed by atoms with Crippen molar-refractivity contribution in [3.63, 3.8) is 0 Å². The molecule has 1 amide bonds. The van der Waals surface area contributed by atoms with Gasteiger partial charge in [0, 0.05) is 13.1 Å². The van der Waals surface area contributed by atoms with E-state index in [-0.39, 0.29) is 5.91 Å². The first-order chi connectivity index (χ1) is 21.2. The van der Waals surface area contributed by atoms with Crippen LogP contribution in [0.1, 0.15) is 28.2 Å². The van der Waals surface area contributed by atoms with E-state index in [9.17, 15) is 4.79 Å². The molecule has 0 heterocycles. The van der Waals surface area contributed by atoms with Crippen molar-refractivity contribution in [3.05, 3.63) is 156 Å². The van der Waals surface area contributed by atoms with Crippen LogP contribution in [0.3, 0.4) is 0 Å². The Morgan fingerprint density at radius 3 is 1.72 bits per heavy atom. The Morgan fingerprint density at radius 1 is 0.628 bits per heavy atom. The predicted octanol–water partition coefficient (Wildman–Crippen LogP) is 8.41. The number of rotatable bonds is 10. The maximum Gasteiger partial charge on any atom is 0.234 e. The molecule has 0 radical (unpaired) electrons. The van der Waals surface area contributed by atoms with Crippen molar-refractivity contribution in [3.8, 4) is 11.5 Å². The van der Waals surface area contributed by atoms with Crippen LogP contribution >= 0.6 is 0 Å². The van der Waals surface area contributed by atoms with Crippen molar-refractivity contribution in [2.45, 2.75) is 18.9 Å². The normalized spacial score (nSPS) is 11.1. The van der Waals surface area contributed by atoms with E-state index in [1.807, 2.05) is 59.5 Å². The third kappa shape index (κ3) is 5.96. The van der Waals surface area contributed by atoms with Crippen LogP contribution in [0, 0.1) is 0 Å². The number of hydrogen-bond acceptors (Lipinski definition) is 3. The van der Waals surface area contributed by atoms with Gasteiger partial charge in [-0.15, -0.1) is 0 Å². The van der Waals surface area contributed by atoms with Crippen LogP contribution in [0.4, 0.5) is 0 Å². The Morgan fingerprint density at radius 2 is 1.16 bits per heavy atom. The Bertz CT molecular complexity index is 1760. The molecule has 6 aromatic carbocycles. The lowest BCUT2D eigenvalue weighted by atomic mass is 9.89. The Labute approximate surface area is 253 Å². The van der Waals surface area contributed by atoms with Crippen molar-refractivity contribution in [2.24, 2.45) is 0 Å². The summed E-state index contributed by atoms with van der Waals surface area (Å²) in [6.07, 6.45) is 0.672. The molecule has 0 bridgehead atoms. The molecule has 0 fully saturated rings. The van der Waals surface area contributed by atoms with Crippen LogP contribution in [-0.2, 0) is 17.8 Å². The van der Waals surface area contributed by atoms with Gasteiger partial charge >= 0.3 is 0 Å². The third-order valence-corrected chi connectivity index (χ3v) is 8.17. The summed E-state index contributed by atoms with van der Waals surface area (Å²) in [6.45, 7) is 1.03. The fourth-order valence-corrected chi connectivity index (χ4v) is 5.99. The van der Waals surface area contributed by atoms with Crippen LogP contribution in [-0.4, -0.2) is 31.6 Å². The van der Waals surface area contributed by atoms with E-state index in [1.54, 1.807) is 14.2 Å². The summed E-state index contributed by atoms with van der Waals surface area (Å²) < 4.78 is 11.0. The van der Waals surface area contributed by atoms with Crippen molar-refractivity contribution < 1.29 is 14.3 Å². The summed E-state index contributed by atoms with van der Waals surface area (Å²) >= 11 is 0. The Kier molecular flexibility index (Phi) is 8.37. The first-order valence-corrected chi connectivity index (χ1v) is 14.6. The number of fused-ring (bicyclic) bond motifs is 2. The minimum atomic E-state index is -0.422. The topological polar surface area (TPSA) is 38.8 Å². The highest BCUT2D eigenvalue weighted by Crippen LogP contribution is 2.33. The second-order valence-corrected chi connectivity index (χ2v) is 10.8. The molecule has 0 N–H and O–H groups in total. The zero-order chi connectivity index (χ0) is 29.6. The zero-order valence-electron chi connectivity index (χ0n) is 24.6. The van der Waals surface area contributed by atoms with Crippen LogP contribution in [0.15, 0.2) is 133 Å². The van der Waals surface area contributed by atoms with Crippen LogP contribution in [0.25, 0.3) is 21.5 Å². The van der Waals surface area contributed by atoms with E-state index in [2.05, 4.69) is 78.9 Å². The summed E-state index contributed by atoms with van der Waals surface area (Å²) in [4.78, 5) is 16.9. The molecular formula is C39H35NO3. The summed E-state index contributed by atoms with van der Waals surface area (Å²) in [7, 11) is 3.28. The number of benzene rings is 6. The number of amides is 1. The smallest absolute Gasteiger partial charge is 0.234 e. The molecule has 214 valence electrons. The van der Waals surface area contributed by atoms with Crippen molar-refractivity contribution in [1.29, 1.82) is 0 Å². The Balaban J connectivity index is 1.45. The average Bonchev–Trinajstić information content (AvgIpc) is 3.07. The molecule has 6 aromatic rings. The zero-order valence-corrected chi connectivity index (χ0v) is 24.6. The van der Waals surface area contributed by atoms with Gasteiger partial charge in [-0.1, -0.05) is 115 Å². The first-order valence-electron chi connectivity index (χ1n) is 14.6. The van der Waals surface area contributed by atoms with Gasteiger partial charge in [-0.25, -0.2) is 0 Å². The van der Waals surface area contributed by atoms with E-state index in [0.29, 0.717) is 31.0 Å². The standard InChI is InChI=1S/C39H35NO3/c1-42-36-22-21-28(25-37(36)43-2)23-24-40(39(41)38(29-13-5-3-6-14-29)30-15-7-4-8-16-30)27-35-33-19-11-9-17-31(33)26-32-18-10-12-20-34(32)35/h3-22,25-26,38H,23-24,27H2,1-2H3. The fourth-order valence-electron chi connectivity index (χ4n) is 5.99. The van der Waals surface area contributed by atoms with E-state index in [1.165, 1.54) is 21.5 Å². The number of carbonyl (C=O) groups excluding carboxylic acids is 1. The van der Waals surface area contributed by atoms with Gasteiger partial charge in [-0.05, 0) is 68.4 Å². The molecule has 0 saturated carbocycles. The van der Waals surface area contributed by atoms with Gasteiger partial charge in [0.15, 0.2) is 11.5 Å². The molecule has 0 aliphatic heterocycles. The minimum Gasteiger partial charge on any atom is -0.493 e. The quantitative estimate of drug-likeness (QED) is 0.157. The lowest BCUT2D eigenvalue weighted by Gasteiger charge is -2.29. The first kappa shape index (κ1) is 28.0. The van der Waals surface area contributed by atoms with Crippen molar-refractivity contribution >= 4 is 27.5 Å². The van der Waals surface area contributed by atoms with Gasteiger partial charge in [-0.2, -0.15) is 0 Å². The third-order valence-electron chi connectivity index (χ3n) is 8.17. The lowest BCUT2D eigenvalue weighted by Crippen LogP contribution is -2.37. The van der Waals surface area contributed by atoms with Gasteiger partial charge in [0.1, 0.15) is 0 Å². The fraction of sp³-hybridized carbons (Fsp3) is 0.154. The second-order valence-electron chi connectivity index (χ2n) is 10.8. The molecule has 4 heteroatoms. The summed E-state index contributed by atoms with van der Waals surface area (Å²) in [5, 5.41) is 4.68. The monoisotopic (exact) mass is 565 g/mol. The van der Waals surface area contributed by atoms with Crippen LogP contribution < -0.4 is 9.47 Å². The minimum absolute atomic E-state index is 0.0786. The molecule has 43 heavy (non-hydrogen) atoms. The van der Waals surface area contributed by atoms with E-state index in [0.717, 1.165) is 22.3 Å². The molecule has 0 unspecified atom stereocenters. The van der Waals surface area contributed by atoms with Crippen LogP contribution in [0.2, 0.25) is 0 Å². The number of carbonyl (C=O) groups is 1. The Hall–Kier alpha value is -5.09. The molecule has 0 saturated heterocycles. The number of methoxy groups -OCH3 is 2. The van der Waals surface area contributed by atoms with Gasteiger partial charge in [0.05, 0.1) is 20.1 Å². The van der Waals surface area contributed by atoms with Gasteiger partial charge in [0.25, 0.3) is 0 Å². The van der Waals surface area contributed by atoms with Crippen molar-refractivity contribution in [2.75, 3.05) is 20.8 Å². The molecule has 0 spiro atoms. The highest BCUT2D eigenvalue weighted by atomic mass is 16.5. The molecule has 0 atom stereocenters. The van der Waals surface area contributed by atoms with Crippen molar-refractivity contribution in [1.82, 2.24) is 4.90 Å². The highest BCUT2D eigenvalue weighted by Gasteiger charge is 2.28. The molecule has 0 aliphatic rings. The van der Waals surface area contributed by atoms with Gasteiger partial charge < -0.3 is 14.4 Å². The summed E-state index contributed by atoms with van der Waals surface area (Å²) in [6, 6.07) is 45.3. The summed E-state index contributed by atoms with van der Waals surface area (Å²) in [5.74, 6) is 1.03. The van der Waals surface area contributed by atoms with Crippen LogP contribution in [0.5, 0.6) is 11.5 Å². The largest absolute Gasteiger partial charge is 0.493 e. The second kappa shape index (κ2) is 12.8. The molecule has 4 nitrogen and oxygen atoms in total. The lowest BCUT2D eigenvalue weighted by molar-refractivity contribution is -0.132. The SMILES string of the molecule is COc1ccc(CCN(Cc2c3ccccc3cc3ccccc23)C(=O)C(c2ccccc2)c2ccccc2)cc1OC. The summed E-state index contributed by atoms with van der Waals surface area (Å²) in [5.41, 5.74) is 4.21.